The van der Waals surface area contributed by atoms with Crippen LogP contribution in [0.2, 0.25) is 0 Å². The van der Waals surface area contributed by atoms with Crippen molar-refractivity contribution in [2.75, 3.05) is 13.2 Å². The van der Waals surface area contributed by atoms with E-state index in [2.05, 4.69) is 20.9 Å². The van der Waals surface area contributed by atoms with Crippen LogP contribution in [0.1, 0.15) is 18.7 Å². The van der Waals surface area contributed by atoms with E-state index in [0.717, 1.165) is 49.5 Å². The predicted octanol–water partition coefficient (Wildman–Crippen LogP) is 3.56. The number of nitrogens with zero attached hydrogens (tertiary/aromatic N) is 1. The third-order valence-electron chi connectivity index (χ3n) is 3.49. The third-order valence-corrected chi connectivity index (χ3v) is 4.56. The Hall–Kier alpha value is -0.870. The second-order valence-corrected chi connectivity index (χ2v) is 5.92. The number of fused-ring (bicyclic) bond motifs is 1. The van der Waals surface area contributed by atoms with Crippen molar-refractivity contribution in [3.63, 3.8) is 0 Å². The number of ether oxygens (including phenoxy) is 1. The zero-order valence-electron chi connectivity index (χ0n) is 10.1. The summed E-state index contributed by atoms with van der Waals surface area (Å²) in [5.74, 6) is 1.48. The Morgan fingerprint density at radius 2 is 2.06 bits per heavy atom. The quantitative estimate of drug-likeness (QED) is 0.813. The second kappa shape index (κ2) is 5.41. The van der Waals surface area contributed by atoms with Gasteiger partial charge in [0.25, 0.3) is 0 Å². The van der Waals surface area contributed by atoms with Gasteiger partial charge in [-0.25, -0.2) is 4.98 Å². The van der Waals surface area contributed by atoms with E-state index in [1.165, 1.54) is 0 Å². The molecule has 1 aliphatic rings. The highest BCUT2D eigenvalue weighted by molar-refractivity contribution is 9.09. The zero-order chi connectivity index (χ0) is 12.4. The smallest absolute Gasteiger partial charge is 0.196 e. The van der Waals surface area contributed by atoms with E-state index in [1.54, 1.807) is 0 Å². The van der Waals surface area contributed by atoms with Crippen LogP contribution in [0.25, 0.3) is 11.1 Å². The maximum atomic E-state index is 5.76. The van der Waals surface area contributed by atoms with Crippen molar-refractivity contribution in [2.24, 2.45) is 5.92 Å². The Balaban J connectivity index is 1.71. The molecule has 2 aromatic rings. The summed E-state index contributed by atoms with van der Waals surface area (Å²) in [5.41, 5.74) is 1.82. The number of para-hydroxylation sites is 2. The second-order valence-electron chi connectivity index (χ2n) is 4.75. The van der Waals surface area contributed by atoms with Crippen LogP contribution in [-0.4, -0.2) is 23.0 Å². The maximum absolute atomic E-state index is 5.76. The van der Waals surface area contributed by atoms with Crippen molar-refractivity contribution in [1.82, 2.24) is 4.98 Å². The standard InChI is InChI=1S/C14H16BrNO2/c15-11(10-5-7-17-8-6-10)9-14-16-12-3-1-2-4-13(12)18-14/h1-4,10-11H,5-9H2. The van der Waals surface area contributed by atoms with Gasteiger partial charge in [0.05, 0.1) is 0 Å². The van der Waals surface area contributed by atoms with E-state index in [1.807, 2.05) is 24.3 Å². The number of alkyl halides is 1. The van der Waals surface area contributed by atoms with Gasteiger partial charge in [0.2, 0.25) is 0 Å². The summed E-state index contributed by atoms with van der Waals surface area (Å²) < 4.78 is 11.1. The molecule has 3 rings (SSSR count). The average molecular weight is 310 g/mol. The Bertz CT molecular complexity index is 486. The lowest BCUT2D eigenvalue weighted by atomic mass is 9.95. The van der Waals surface area contributed by atoms with Gasteiger partial charge in [-0.15, -0.1) is 0 Å². The highest BCUT2D eigenvalue weighted by atomic mass is 79.9. The van der Waals surface area contributed by atoms with E-state index in [4.69, 9.17) is 9.15 Å². The van der Waals surface area contributed by atoms with Gasteiger partial charge in [0.1, 0.15) is 5.52 Å². The fraction of sp³-hybridized carbons (Fsp3) is 0.500. The molecule has 1 aliphatic heterocycles. The van der Waals surface area contributed by atoms with Crippen LogP contribution < -0.4 is 0 Å². The number of aromatic nitrogens is 1. The molecule has 0 N–H and O–H groups in total. The summed E-state index contributed by atoms with van der Waals surface area (Å²) in [6.07, 6.45) is 3.09. The third kappa shape index (κ3) is 2.59. The van der Waals surface area contributed by atoms with Gasteiger partial charge in [-0.05, 0) is 30.9 Å². The van der Waals surface area contributed by atoms with Crippen LogP contribution in [0.15, 0.2) is 28.7 Å². The first-order valence-electron chi connectivity index (χ1n) is 6.39. The van der Waals surface area contributed by atoms with Crippen molar-refractivity contribution in [2.45, 2.75) is 24.1 Å². The Morgan fingerprint density at radius 1 is 1.28 bits per heavy atom. The molecule has 18 heavy (non-hydrogen) atoms. The van der Waals surface area contributed by atoms with Gasteiger partial charge in [-0.3, -0.25) is 0 Å². The molecule has 3 nitrogen and oxygen atoms in total. The first-order valence-corrected chi connectivity index (χ1v) is 7.31. The molecule has 96 valence electrons. The summed E-state index contributed by atoms with van der Waals surface area (Å²) in [6.45, 7) is 1.75. The highest BCUT2D eigenvalue weighted by Gasteiger charge is 2.23. The normalized spacial score (nSPS) is 19.2. The minimum absolute atomic E-state index is 0.425. The van der Waals surface area contributed by atoms with E-state index >= 15 is 0 Å². The molecule has 0 amide bonds. The van der Waals surface area contributed by atoms with E-state index < -0.39 is 0 Å². The van der Waals surface area contributed by atoms with Crippen molar-refractivity contribution >= 4 is 27.0 Å². The zero-order valence-corrected chi connectivity index (χ0v) is 11.7. The van der Waals surface area contributed by atoms with Gasteiger partial charge in [0.15, 0.2) is 11.5 Å². The van der Waals surface area contributed by atoms with E-state index in [0.29, 0.717) is 10.7 Å². The first-order chi connectivity index (χ1) is 8.83. The molecular weight excluding hydrogens is 294 g/mol. The number of hydrogen-bond donors (Lipinski definition) is 0. The van der Waals surface area contributed by atoms with Crippen molar-refractivity contribution in [3.8, 4) is 0 Å². The number of oxazole rings is 1. The number of halogens is 1. The molecule has 4 heteroatoms. The van der Waals surface area contributed by atoms with Crippen LogP contribution in [0.3, 0.4) is 0 Å². The predicted molar refractivity (Wildman–Crippen MR) is 74.0 cm³/mol. The lowest BCUT2D eigenvalue weighted by Crippen LogP contribution is -2.25. The fourth-order valence-corrected chi connectivity index (χ4v) is 3.22. The highest BCUT2D eigenvalue weighted by Crippen LogP contribution is 2.27. The van der Waals surface area contributed by atoms with Gasteiger partial charge >= 0.3 is 0 Å². The van der Waals surface area contributed by atoms with Crippen molar-refractivity contribution in [1.29, 1.82) is 0 Å². The fourth-order valence-electron chi connectivity index (χ4n) is 2.42. The summed E-state index contributed by atoms with van der Waals surface area (Å²) >= 11 is 3.78. The number of hydrogen-bond acceptors (Lipinski definition) is 3. The molecule has 0 aliphatic carbocycles. The Morgan fingerprint density at radius 3 is 2.83 bits per heavy atom. The summed E-state index contributed by atoms with van der Waals surface area (Å²) in [4.78, 5) is 4.95. The lowest BCUT2D eigenvalue weighted by Gasteiger charge is -2.25. The molecule has 1 atom stereocenters. The topological polar surface area (TPSA) is 35.3 Å². The monoisotopic (exact) mass is 309 g/mol. The molecule has 0 saturated carbocycles. The van der Waals surface area contributed by atoms with Gasteiger partial charge < -0.3 is 9.15 Å². The molecule has 0 radical (unpaired) electrons. The summed E-state index contributed by atoms with van der Waals surface area (Å²) in [5, 5.41) is 0. The number of benzene rings is 1. The van der Waals surface area contributed by atoms with Gasteiger partial charge in [-0.1, -0.05) is 28.1 Å². The summed E-state index contributed by atoms with van der Waals surface area (Å²) in [7, 11) is 0. The largest absolute Gasteiger partial charge is 0.441 e. The Kier molecular flexibility index (Phi) is 3.66. The summed E-state index contributed by atoms with van der Waals surface area (Å²) in [6, 6.07) is 7.91. The van der Waals surface area contributed by atoms with Crippen LogP contribution in [0, 0.1) is 5.92 Å². The molecule has 1 saturated heterocycles. The number of rotatable bonds is 3. The lowest BCUT2D eigenvalue weighted by molar-refractivity contribution is 0.0658. The molecule has 1 aromatic heterocycles. The molecule has 0 spiro atoms. The van der Waals surface area contributed by atoms with Crippen LogP contribution in [0.5, 0.6) is 0 Å². The van der Waals surface area contributed by atoms with Gasteiger partial charge in [0, 0.05) is 24.5 Å². The van der Waals surface area contributed by atoms with Crippen molar-refractivity contribution in [3.05, 3.63) is 30.2 Å². The van der Waals surface area contributed by atoms with E-state index in [9.17, 15) is 0 Å². The molecule has 1 aromatic carbocycles. The SMILES string of the molecule is BrC(Cc1nc2ccccc2o1)C1CCOCC1. The molecule has 1 fully saturated rings. The van der Waals surface area contributed by atoms with Crippen LogP contribution in [-0.2, 0) is 11.2 Å². The maximum Gasteiger partial charge on any atom is 0.196 e. The minimum Gasteiger partial charge on any atom is -0.441 e. The molecule has 2 heterocycles. The van der Waals surface area contributed by atoms with Crippen molar-refractivity contribution < 1.29 is 9.15 Å². The molecular formula is C14H16BrNO2. The van der Waals surface area contributed by atoms with E-state index in [-0.39, 0.29) is 0 Å². The van der Waals surface area contributed by atoms with Crippen LogP contribution >= 0.6 is 15.9 Å². The Labute approximate surface area is 115 Å². The molecule has 0 bridgehead atoms. The minimum atomic E-state index is 0.425. The van der Waals surface area contributed by atoms with Gasteiger partial charge in [-0.2, -0.15) is 0 Å². The average Bonchev–Trinajstić information content (AvgIpc) is 2.82. The van der Waals surface area contributed by atoms with Crippen LogP contribution in [0.4, 0.5) is 0 Å². The first kappa shape index (κ1) is 12.2. The molecule has 1 unspecified atom stereocenters.